The van der Waals surface area contributed by atoms with Gasteiger partial charge in [-0.05, 0) is 6.07 Å². The van der Waals surface area contributed by atoms with Crippen LogP contribution in [0, 0.1) is 0 Å². The Hall–Kier alpha value is -1.13. The van der Waals surface area contributed by atoms with Gasteiger partial charge < -0.3 is 9.84 Å². The van der Waals surface area contributed by atoms with Crippen molar-refractivity contribution in [1.29, 1.82) is 0 Å². The van der Waals surface area contributed by atoms with E-state index in [1.165, 1.54) is 0 Å². The number of rotatable bonds is 1. The van der Waals surface area contributed by atoms with Gasteiger partial charge in [0, 0.05) is 30.9 Å². The molecular formula is C9H11N2O2. The zero-order valence-corrected chi connectivity index (χ0v) is 7.18. The average molecular weight is 179 g/mol. The van der Waals surface area contributed by atoms with Crippen molar-refractivity contribution in [2.24, 2.45) is 0 Å². The zero-order valence-electron chi connectivity index (χ0n) is 7.18. The fourth-order valence-corrected chi connectivity index (χ4v) is 1.31. The van der Waals surface area contributed by atoms with E-state index in [1.807, 2.05) is 6.07 Å². The topological polar surface area (TPSA) is 56.5 Å². The van der Waals surface area contributed by atoms with E-state index in [1.54, 1.807) is 12.3 Å². The second-order valence-corrected chi connectivity index (χ2v) is 2.94. The highest BCUT2D eigenvalue weighted by atomic mass is 16.5. The summed E-state index contributed by atoms with van der Waals surface area (Å²) in [5.74, 6) is 0.0384. The zero-order chi connectivity index (χ0) is 9.10. The quantitative estimate of drug-likeness (QED) is 0.681. The Balaban J connectivity index is 2.10. The smallest absolute Gasteiger partial charge is 0.210 e. The summed E-state index contributed by atoms with van der Waals surface area (Å²) in [7, 11) is 0. The number of nitrogens with zero attached hydrogens (tertiary/aromatic N) is 2. The van der Waals surface area contributed by atoms with E-state index in [9.17, 15) is 0 Å². The predicted octanol–water partition coefficient (Wildman–Crippen LogP) is 0.463. The van der Waals surface area contributed by atoms with E-state index in [0.29, 0.717) is 13.2 Å². The molecule has 0 aromatic carbocycles. The van der Waals surface area contributed by atoms with Gasteiger partial charge in [-0.3, -0.25) is 0 Å². The van der Waals surface area contributed by atoms with E-state index in [4.69, 9.17) is 9.84 Å². The van der Waals surface area contributed by atoms with E-state index in [0.717, 1.165) is 12.1 Å². The third-order valence-corrected chi connectivity index (χ3v) is 2.01. The Morgan fingerprint density at radius 3 is 3.00 bits per heavy atom. The van der Waals surface area contributed by atoms with Gasteiger partial charge in [-0.15, -0.1) is 0 Å². The molecule has 2 heterocycles. The van der Waals surface area contributed by atoms with Crippen LogP contribution in [-0.4, -0.2) is 29.8 Å². The monoisotopic (exact) mass is 179 g/mol. The third-order valence-electron chi connectivity index (χ3n) is 2.01. The summed E-state index contributed by atoms with van der Waals surface area (Å²) in [6, 6.07) is 3.38. The van der Waals surface area contributed by atoms with Gasteiger partial charge >= 0.3 is 0 Å². The Morgan fingerprint density at radius 1 is 1.46 bits per heavy atom. The molecule has 1 aliphatic heterocycles. The molecule has 1 N–H and O–H groups in total. The molecule has 0 spiro atoms. The molecule has 1 aromatic heterocycles. The fourth-order valence-electron chi connectivity index (χ4n) is 1.31. The minimum Gasteiger partial charge on any atom is -0.493 e. The van der Waals surface area contributed by atoms with Gasteiger partial charge in [0.1, 0.15) is 0 Å². The maximum atomic E-state index is 8.98. The van der Waals surface area contributed by atoms with Crippen molar-refractivity contribution in [2.75, 3.05) is 19.7 Å². The number of pyridine rings is 1. The third kappa shape index (κ3) is 1.96. The molecular weight excluding hydrogens is 168 g/mol. The molecule has 1 saturated heterocycles. The van der Waals surface area contributed by atoms with Crippen LogP contribution in [0.5, 0.6) is 5.88 Å². The average Bonchev–Trinajstić information content (AvgIpc) is 2.20. The highest BCUT2D eigenvalue weighted by Gasteiger charge is 2.16. The summed E-state index contributed by atoms with van der Waals surface area (Å²) in [6.45, 7) is 2.14. The lowest BCUT2D eigenvalue weighted by atomic mass is 10.1. The fraction of sp³-hybridized carbons (Fsp3) is 0.444. The summed E-state index contributed by atoms with van der Waals surface area (Å²) in [6.07, 6.45) is 1.64. The summed E-state index contributed by atoms with van der Waals surface area (Å²) in [5, 5.41) is 13.2. The molecule has 1 aromatic rings. The van der Waals surface area contributed by atoms with Crippen molar-refractivity contribution in [2.45, 2.75) is 6.10 Å². The number of hydrogen-bond acceptors (Lipinski definition) is 3. The van der Waals surface area contributed by atoms with Crippen molar-refractivity contribution in [3.05, 3.63) is 23.9 Å². The van der Waals surface area contributed by atoms with Crippen LogP contribution in [0.4, 0.5) is 0 Å². The van der Waals surface area contributed by atoms with Crippen LogP contribution in [0.1, 0.15) is 11.7 Å². The minimum atomic E-state index is 0.0156. The molecule has 1 atom stereocenters. The number of ether oxygens (including phenoxy) is 1. The first kappa shape index (κ1) is 8.47. The number of aromatic nitrogens is 1. The van der Waals surface area contributed by atoms with Crippen molar-refractivity contribution in [1.82, 2.24) is 10.3 Å². The Bertz CT molecular complexity index is 267. The SMILES string of the molecule is Oc1ccc(C2C[N]CCO2)cn1. The molecule has 13 heavy (non-hydrogen) atoms. The van der Waals surface area contributed by atoms with Gasteiger partial charge in [0.2, 0.25) is 5.88 Å². The summed E-state index contributed by atoms with van der Waals surface area (Å²) >= 11 is 0. The van der Waals surface area contributed by atoms with Gasteiger partial charge in [0.15, 0.2) is 0 Å². The Labute approximate surface area is 76.6 Å². The largest absolute Gasteiger partial charge is 0.493 e. The molecule has 0 saturated carbocycles. The molecule has 0 aliphatic carbocycles. The molecule has 1 fully saturated rings. The summed E-state index contributed by atoms with van der Waals surface area (Å²) in [5.41, 5.74) is 0.973. The van der Waals surface area contributed by atoms with E-state index in [-0.39, 0.29) is 12.0 Å². The highest BCUT2D eigenvalue weighted by molar-refractivity contribution is 5.19. The molecule has 4 nitrogen and oxygen atoms in total. The normalized spacial score (nSPS) is 22.9. The van der Waals surface area contributed by atoms with Crippen LogP contribution in [0.3, 0.4) is 0 Å². The van der Waals surface area contributed by atoms with Crippen LogP contribution >= 0.6 is 0 Å². The molecule has 0 bridgehead atoms. The molecule has 2 rings (SSSR count). The van der Waals surface area contributed by atoms with Gasteiger partial charge in [-0.25, -0.2) is 10.3 Å². The van der Waals surface area contributed by atoms with E-state index in [2.05, 4.69) is 10.3 Å². The standard InChI is InChI=1S/C9H11N2O2/c12-9-2-1-7(5-11-9)8-6-10-3-4-13-8/h1-2,5,8H,3-4,6H2,(H,11,12). The van der Waals surface area contributed by atoms with Crippen LogP contribution in [-0.2, 0) is 4.74 Å². The highest BCUT2D eigenvalue weighted by Crippen LogP contribution is 2.19. The molecule has 4 heteroatoms. The minimum absolute atomic E-state index is 0.0156. The van der Waals surface area contributed by atoms with Crippen molar-refractivity contribution in [3.63, 3.8) is 0 Å². The first-order chi connectivity index (χ1) is 6.36. The second-order valence-electron chi connectivity index (χ2n) is 2.94. The lowest BCUT2D eigenvalue weighted by molar-refractivity contribution is 0.0258. The van der Waals surface area contributed by atoms with Crippen LogP contribution in [0.15, 0.2) is 18.3 Å². The molecule has 69 valence electrons. The first-order valence-corrected chi connectivity index (χ1v) is 4.26. The maximum absolute atomic E-state index is 8.98. The van der Waals surface area contributed by atoms with Gasteiger partial charge in [0.25, 0.3) is 0 Å². The lowest BCUT2D eigenvalue weighted by Crippen LogP contribution is -2.28. The summed E-state index contributed by atoms with van der Waals surface area (Å²) in [4.78, 5) is 3.79. The number of aromatic hydroxyl groups is 1. The lowest BCUT2D eigenvalue weighted by Gasteiger charge is -2.22. The van der Waals surface area contributed by atoms with Crippen molar-refractivity contribution >= 4 is 0 Å². The van der Waals surface area contributed by atoms with Crippen molar-refractivity contribution in [3.8, 4) is 5.88 Å². The molecule has 1 unspecified atom stereocenters. The summed E-state index contributed by atoms with van der Waals surface area (Å²) < 4.78 is 5.49. The van der Waals surface area contributed by atoms with Crippen LogP contribution < -0.4 is 5.32 Å². The van der Waals surface area contributed by atoms with Gasteiger partial charge in [-0.1, -0.05) is 0 Å². The molecule has 0 amide bonds. The molecule has 1 radical (unpaired) electrons. The van der Waals surface area contributed by atoms with Gasteiger partial charge in [-0.2, -0.15) is 0 Å². The van der Waals surface area contributed by atoms with Crippen LogP contribution in [0.2, 0.25) is 0 Å². The first-order valence-electron chi connectivity index (χ1n) is 4.26. The maximum Gasteiger partial charge on any atom is 0.210 e. The second kappa shape index (κ2) is 3.72. The number of morpholine rings is 1. The number of hydrogen-bond donors (Lipinski definition) is 1. The molecule has 1 aliphatic rings. The van der Waals surface area contributed by atoms with Gasteiger partial charge in [0.05, 0.1) is 12.7 Å². The van der Waals surface area contributed by atoms with E-state index < -0.39 is 0 Å². The van der Waals surface area contributed by atoms with Crippen molar-refractivity contribution < 1.29 is 9.84 Å². The van der Waals surface area contributed by atoms with Crippen LogP contribution in [0.25, 0.3) is 0 Å². The van der Waals surface area contributed by atoms with E-state index >= 15 is 0 Å². The predicted molar refractivity (Wildman–Crippen MR) is 46.5 cm³/mol. The Kier molecular flexibility index (Phi) is 2.42. The Morgan fingerprint density at radius 2 is 2.38 bits per heavy atom.